The maximum Gasteiger partial charge on any atom is 0.0491 e. The molecule has 20 heavy (non-hydrogen) atoms. The number of nitrogens with two attached hydrogens (primary N) is 1. The lowest BCUT2D eigenvalue weighted by Gasteiger charge is -2.10. The maximum atomic E-state index is 6.12. The highest BCUT2D eigenvalue weighted by atomic mass is 15.0. The van der Waals surface area contributed by atoms with E-state index in [1.807, 2.05) is 0 Å². The molecule has 4 rings (SSSR count). The van der Waals surface area contributed by atoms with E-state index in [9.17, 15) is 0 Å². The number of benzene rings is 3. The Kier molecular flexibility index (Phi) is 2.51. The van der Waals surface area contributed by atoms with Gasteiger partial charge >= 0.3 is 0 Å². The summed E-state index contributed by atoms with van der Waals surface area (Å²) < 4.78 is 0. The van der Waals surface area contributed by atoms with Crippen LogP contribution in [0.5, 0.6) is 0 Å². The lowest BCUT2D eigenvalue weighted by Crippen LogP contribution is -2.11. The molecule has 0 aliphatic carbocycles. The molecule has 3 aromatic rings. The first kappa shape index (κ1) is 11.5. The molecular formula is C18H16N2. The van der Waals surface area contributed by atoms with E-state index < -0.39 is 0 Å². The van der Waals surface area contributed by atoms with Crippen LogP contribution in [0.4, 0.5) is 5.69 Å². The molecule has 0 bridgehead atoms. The summed E-state index contributed by atoms with van der Waals surface area (Å²) in [6.45, 7) is 0.819. The fourth-order valence-corrected chi connectivity index (χ4v) is 3.00. The number of para-hydroxylation sites is 1. The van der Waals surface area contributed by atoms with E-state index in [1.165, 1.54) is 33.2 Å². The maximum absolute atomic E-state index is 6.12. The first-order chi connectivity index (χ1) is 9.83. The average Bonchev–Trinajstić information content (AvgIpc) is 2.88. The molecule has 3 N–H and O–H groups in total. The fourth-order valence-electron chi connectivity index (χ4n) is 3.00. The number of anilines is 1. The van der Waals surface area contributed by atoms with Crippen molar-refractivity contribution >= 4 is 16.5 Å². The molecule has 1 aliphatic rings. The van der Waals surface area contributed by atoms with Gasteiger partial charge in [-0.25, -0.2) is 0 Å². The molecule has 1 atom stereocenters. The molecule has 1 unspecified atom stereocenters. The van der Waals surface area contributed by atoms with Crippen molar-refractivity contribution in [3.8, 4) is 11.1 Å². The molecule has 2 heteroatoms. The van der Waals surface area contributed by atoms with Crippen molar-refractivity contribution in [3.63, 3.8) is 0 Å². The van der Waals surface area contributed by atoms with Crippen molar-refractivity contribution in [2.75, 3.05) is 11.9 Å². The minimum Gasteiger partial charge on any atom is -0.382 e. The fraction of sp³-hybridized carbons (Fsp3) is 0.111. The van der Waals surface area contributed by atoms with Crippen LogP contribution in [0, 0.1) is 0 Å². The van der Waals surface area contributed by atoms with Crippen LogP contribution in [0.2, 0.25) is 0 Å². The van der Waals surface area contributed by atoms with Gasteiger partial charge in [0.25, 0.3) is 0 Å². The van der Waals surface area contributed by atoms with Crippen molar-refractivity contribution in [1.29, 1.82) is 0 Å². The van der Waals surface area contributed by atoms with Gasteiger partial charge in [0.2, 0.25) is 0 Å². The first-order valence-electron chi connectivity index (χ1n) is 6.94. The molecule has 3 aromatic carbocycles. The topological polar surface area (TPSA) is 38.0 Å². The van der Waals surface area contributed by atoms with Crippen LogP contribution in [0.1, 0.15) is 11.6 Å². The van der Waals surface area contributed by atoms with Gasteiger partial charge in [-0.1, -0.05) is 54.6 Å². The Hall–Kier alpha value is -2.32. The third kappa shape index (κ3) is 1.69. The molecule has 0 spiro atoms. The van der Waals surface area contributed by atoms with Crippen molar-refractivity contribution < 1.29 is 0 Å². The zero-order chi connectivity index (χ0) is 13.5. The van der Waals surface area contributed by atoms with Crippen LogP contribution < -0.4 is 11.1 Å². The SMILES string of the molecule is NC1CNc2c(-c3ccc4ccccc4c3)cccc21. The second kappa shape index (κ2) is 4.36. The summed E-state index contributed by atoms with van der Waals surface area (Å²) in [5.74, 6) is 0. The molecule has 1 aliphatic heterocycles. The molecule has 98 valence electrons. The minimum atomic E-state index is 0.102. The highest BCUT2D eigenvalue weighted by molar-refractivity contribution is 5.91. The standard InChI is InChI=1S/C18H16N2/c19-17-11-20-18-15(6-3-7-16(17)18)14-9-8-12-4-1-2-5-13(12)10-14/h1-10,17,20H,11,19H2. The van der Waals surface area contributed by atoms with E-state index in [0.29, 0.717) is 0 Å². The number of rotatable bonds is 1. The van der Waals surface area contributed by atoms with E-state index in [0.717, 1.165) is 6.54 Å². The van der Waals surface area contributed by atoms with E-state index >= 15 is 0 Å². The average molecular weight is 260 g/mol. The highest BCUT2D eigenvalue weighted by Crippen LogP contribution is 2.38. The van der Waals surface area contributed by atoms with Crippen LogP contribution in [-0.2, 0) is 0 Å². The van der Waals surface area contributed by atoms with Crippen LogP contribution in [0.25, 0.3) is 21.9 Å². The van der Waals surface area contributed by atoms with Gasteiger partial charge in [0.1, 0.15) is 0 Å². The molecule has 0 saturated carbocycles. The normalized spacial score (nSPS) is 16.9. The summed E-state index contributed by atoms with van der Waals surface area (Å²) in [4.78, 5) is 0. The summed E-state index contributed by atoms with van der Waals surface area (Å²) in [7, 11) is 0. The molecule has 0 amide bonds. The summed E-state index contributed by atoms with van der Waals surface area (Å²) in [5.41, 5.74) is 11.0. The molecule has 0 saturated heterocycles. The number of fused-ring (bicyclic) bond motifs is 2. The highest BCUT2D eigenvalue weighted by Gasteiger charge is 2.21. The molecule has 2 nitrogen and oxygen atoms in total. The summed E-state index contributed by atoms with van der Waals surface area (Å²) in [6.07, 6.45) is 0. The van der Waals surface area contributed by atoms with Gasteiger partial charge < -0.3 is 11.1 Å². The lowest BCUT2D eigenvalue weighted by molar-refractivity contribution is 0.808. The van der Waals surface area contributed by atoms with Crippen molar-refractivity contribution in [1.82, 2.24) is 0 Å². The minimum absolute atomic E-state index is 0.102. The van der Waals surface area contributed by atoms with Crippen molar-refractivity contribution in [2.24, 2.45) is 5.73 Å². The van der Waals surface area contributed by atoms with Crippen LogP contribution in [-0.4, -0.2) is 6.54 Å². The summed E-state index contributed by atoms with van der Waals surface area (Å²) >= 11 is 0. The first-order valence-corrected chi connectivity index (χ1v) is 6.94. The zero-order valence-electron chi connectivity index (χ0n) is 11.1. The Balaban J connectivity index is 1.92. The van der Waals surface area contributed by atoms with E-state index in [-0.39, 0.29) is 6.04 Å². The third-order valence-corrected chi connectivity index (χ3v) is 4.06. The number of hydrogen-bond acceptors (Lipinski definition) is 2. The molecule has 0 radical (unpaired) electrons. The number of nitrogens with one attached hydrogen (secondary N) is 1. The summed E-state index contributed by atoms with van der Waals surface area (Å²) in [6, 6.07) is 21.5. The van der Waals surface area contributed by atoms with Gasteiger partial charge in [-0.15, -0.1) is 0 Å². The van der Waals surface area contributed by atoms with E-state index in [1.54, 1.807) is 0 Å². The zero-order valence-corrected chi connectivity index (χ0v) is 11.1. The summed E-state index contributed by atoms with van der Waals surface area (Å²) in [5, 5.41) is 5.98. The van der Waals surface area contributed by atoms with Gasteiger partial charge in [0.05, 0.1) is 0 Å². The van der Waals surface area contributed by atoms with Crippen LogP contribution >= 0.6 is 0 Å². The largest absolute Gasteiger partial charge is 0.382 e. The monoisotopic (exact) mass is 260 g/mol. The van der Waals surface area contributed by atoms with E-state index in [4.69, 9.17) is 5.73 Å². The van der Waals surface area contributed by atoms with Gasteiger partial charge in [-0.2, -0.15) is 0 Å². The Morgan fingerprint density at radius 1 is 0.900 bits per heavy atom. The van der Waals surface area contributed by atoms with Crippen molar-refractivity contribution in [2.45, 2.75) is 6.04 Å². The second-order valence-corrected chi connectivity index (χ2v) is 5.32. The number of hydrogen-bond donors (Lipinski definition) is 2. The lowest BCUT2D eigenvalue weighted by atomic mass is 9.97. The predicted octanol–water partition coefficient (Wildman–Crippen LogP) is 3.93. The Morgan fingerprint density at radius 3 is 2.65 bits per heavy atom. The Bertz CT molecular complexity index is 792. The second-order valence-electron chi connectivity index (χ2n) is 5.32. The predicted molar refractivity (Wildman–Crippen MR) is 84.8 cm³/mol. The Labute approximate surface area is 118 Å². The van der Waals surface area contributed by atoms with Gasteiger partial charge in [0.15, 0.2) is 0 Å². The van der Waals surface area contributed by atoms with Crippen molar-refractivity contribution in [3.05, 3.63) is 66.2 Å². The van der Waals surface area contributed by atoms with Crippen LogP contribution in [0.3, 0.4) is 0 Å². The smallest absolute Gasteiger partial charge is 0.0491 e. The molecule has 1 heterocycles. The quantitative estimate of drug-likeness (QED) is 0.695. The van der Waals surface area contributed by atoms with Gasteiger partial charge in [-0.3, -0.25) is 0 Å². The molecule has 0 fully saturated rings. The van der Waals surface area contributed by atoms with Crippen LogP contribution in [0.15, 0.2) is 60.7 Å². The third-order valence-electron chi connectivity index (χ3n) is 4.06. The van der Waals surface area contributed by atoms with E-state index in [2.05, 4.69) is 66.0 Å². The molecule has 0 aromatic heterocycles. The van der Waals surface area contributed by atoms with Gasteiger partial charge in [0, 0.05) is 23.8 Å². The Morgan fingerprint density at radius 2 is 1.75 bits per heavy atom. The molecular weight excluding hydrogens is 244 g/mol. The van der Waals surface area contributed by atoms with Gasteiger partial charge in [-0.05, 0) is 28.0 Å².